The van der Waals surface area contributed by atoms with Crippen molar-refractivity contribution in [2.75, 3.05) is 26.9 Å². The van der Waals surface area contributed by atoms with E-state index in [0.717, 1.165) is 16.6 Å². The Bertz CT molecular complexity index is 1130. The van der Waals surface area contributed by atoms with Crippen LogP contribution in [0, 0.1) is 6.92 Å². The number of rotatable bonds is 6. The molecule has 7 nitrogen and oxygen atoms in total. The summed E-state index contributed by atoms with van der Waals surface area (Å²) in [5.41, 5.74) is 2.85. The van der Waals surface area contributed by atoms with Gasteiger partial charge in [-0.2, -0.15) is 0 Å². The number of hydrogen-bond donors (Lipinski definition) is 1. The van der Waals surface area contributed by atoms with Crippen LogP contribution in [0.3, 0.4) is 0 Å². The van der Waals surface area contributed by atoms with Gasteiger partial charge in [-0.3, -0.25) is 4.79 Å². The van der Waals surface area contributed by atoms with E-state index in [2.05, 4.69) is 4.98 Å². The number of hydrogen-bond acceptors (Lipinski definition) is 6. The number of aromatic nitrogens is 1. The number of esters is 1. The van der Waals surface area contributed by atoms with Gasteiger partial charge in [0.25, 0.3) is 0 Å². The van der Waals surface area contributed by atoms with E-state index in [1.807, 2.05) is 31.2 Å². The summed E-state index contributed by atoms with van der Waals surface area (Å²) in [7, 11) is 1.54. The molecule has 0 bridgehead atoms. The second-order valence-corrected chi connectivity index (χ2v) is 6.78. The molecule has 1 N–H and O–H groups in total. The van der Waals surface area contributed by atoms with Gasteiger partial charge in [0, 0.05) is 28.2 Å². The largest absolute Gasteiger partial charge is 0.493 e. The molecule has 3 aromatic rings. The lowest BCUT2D eigenvalue weighted by Gasteiger charge is -2.20. The zero-order chi connectivity index (χ0) is 21.1. The molecule has 30 heavy (non-hydrogen) atoms. The minimum atomic E-state index is -0.616. The molecule has 0 unspecified atom stereocenters. The number of H-pyrrole nitrogens is 1. The Balaban J connectivity index is 1.43. The highest BCUT2D eigenvalue weighted by molar-refractivity contribution is 6.10. The van der Waals surface area contributed by atoms with Crippen LogP contribution < -0.4 is 14.2 Å². The molecule has 154 valence electrons. The fourth-order valence-electron chi connectivity index (χ4n) is 3.45. The van der Waals surface area contributed by atoms with Gasteiger partial charge in [0.1, 0.15) is 13.2 Å². The van der Waals surface area contributed by atoms with Gasteiger partial charge < -0.3 is 23.9 Å². The summed E-state index contributed by atoms with van der Waals surface area (Å²) in [4.78, 5) is 27.9. The number of nitrogens with one attached hydrogen (secondary N) is 1. The van der Waals surface area contributed by atoms with Crippen molar-refractivity contribution in [2.24, 2.45) is 0 Å². The van der Waals surface area contributed by atoms with E-state index in [-0.39, 0.29) is 12.4 Å². The monoisotopic (exact) mass is 407 g/mol. The van der Waals surface area contributed by atoms with Crippen LogP contribution in [0.25, 0.3) is 17.0 Å². The van der Waals surface area contributed by atoms with Crippen molar-refractivity contribution in [3.8, 4) is 17.2 Å². The zero-order valence-corrected chi connectivity index (χ0v) is 16.7. The first-order valence-electron chi connectivity index (χ1n) is 9.50. The van der Waals surface area contributed by atoms with E-state index in [1.54, 1.807) is 18.2 Å². The summed E-state index contributed by atoms with van der Waals surface area (Å²) in [5, 5.41) is 0.815. The molecular formula is C23H21NO6. The van der Waals surface area contributed by atoms with E-state index in [4.69, 9.17) is 18.9 Å². The Labute approximate surface area is 173 Å². The van der Waals surface area contributed by atoms with E-state index in [0.29, 0.717) is 41.6 Å². The van der Waals surface area contributed by atoms with E-state index in [9.17, 15) is 9.59 Å². The minimum Gasteiger partial charge on any atom is -0.493 e. The summed E-state index contributed by atoms with van der Waals surface area (Å²) in [6.07, 6.45) is 2.84. The van der Waals surface area contributed by atoms with Gasteiger partial charge in [0.2, 0.25) is 11.5 Å². The standard InChI is InChI=1S/C23H21NO6/c1-14-22(16-5-3-4-6-17(16)24-14)18(25)13-30-21(26)8-7-15-11-19(27-2)23-20(12-15)28-9-10-29-23/h3-8,11-12,24H,9-10,13H2,1-2H3/b8-7+. The Morgan fingerprint density at radius 3 is 2.80 bits per heavy atom. The quantitative estimate of drug-likeness (QED) is 0.381. The molecule has 1 aromatic heterocycles. The lowest BCUT2D eigenvalue weighted by Crippen LogP contribution is -2.16. The summed E-state index contributed by atoms with van der Waals surface area (Å²) in [5.74, 6) is 0.745. The van der Waals surface area contributed by atoms with E-state index < -0.39 is 5.97 Å². The number of carbonyl (C=O) groups excluding carboxylic acids is 2. The number of aromatic amines is 1. The molecule has 0 aliphatic carbocycles. The topological polar surface area (TPSA) is 86.9 Å². The van der Waals surface area contributed by atoms with Crippen LogP contribution >= 0.6 is 0 Å². The summed E-state index contributed by atoms with van der Waals surface area (Å²) < 4.78 is 21.6. The average molecular weight is 407 g/mol. The highest BCUT2D eigenvalue weighted by Crippen LogP contribution is 2.40. The van der Waals surface area contributed by atoms with Gasteiger partial charge in [-0.1, -0.05) is 18.2 Å². The lowest BCUT2D eigenvalue weighted by atomic mass is 10.1. The molecule has 1 aliphatic rings. The number of para-hydroxylation sites is 1. The smallest absolute Gasteiger partial charge is 0.331 e. The minimum absolute atomic E-state index is 0.257. The summed E-state index contributed by atoms with van der Waals surface area (Å²) >= 11 is 0. The molecule has 0 radical (unpaired) electrons. The molecule has 0 amide bonds. The number of ether oxygens (including phenoxy) is 4. The molecule has 4 rings (SSSR count). The predicted octanol–water partition coefficient (Wildman–Crippen LogP) is 3.70. The molecule has 0 saturated heterocycles. The van der Waals surface area contributed by atoms with Crippen LogP contribution in [0.1, 0.15) is 21.6 Å². The van der Waals surface area contributed by atoms with Crippen molar-refractivity contribution in [3.63, 3.8) is 0 Å². The maximum absolute atomic E-state index is 12.6. The van der Waals surface area contributed by atoms with Gasteiger partial charge in [-0.15, -0.1) is 0 Å². The van der Waals surface area contributed by atoms with Crippen LogP contribution in [0.15, 0.2) is 42.5 Å². The van der Waals surface area contributed by atoms with Crippen molar-refractivity contribution in [1.29, 1.82) is 0 Å². The molecule has 0 atom stereocenters. The van der Waals surface area contributed by atoms with Crippen LogP contribution in [-0.4, -0.2) is 43.7 Å². The Kier molecular flexibility index (Phi) is 5.43. The van der Waals surface area contributed by atoms with Gasteiger partial charge in [0.05, 0.1) is 7.11 Å². The van der Waals surface area contributed by atoms with Gasteiger partial charge in [0.15, 0.2) is 18.1 Å². The fourth-order valence-corrected chi connectivity index (χ4v) is 3.45. The van der Waals surface area contributed by atoms with Gasteiger partial charge >= 0.3 is 5.97 Å². The molecule has 0 saturated carbocycles. The first kappa shape index (κ1) is 19.6. The number of fused-ring (bicyclic) bond motifs is 2. The van der Waals surface area contributed by atoms with E-state index >= 15 is 0 Å². The van der Waals surface area contributed by atoms with Crippen LogP contribution in [0.5, 0.6) is 17.2 Å². The lowest BCUT2D eigenvalue weighted by molar-refractivity contribution is -0.136. The Hall–Kier alpha value is -3.74. The SMILES string of the molecule is COc1cc(/C=C/C(=O)OCC(=O)c2c(C)[nH]c3ccccc23)cc2c1OCCO2. The number of ketones is 1. The second kappa shape index (κ2) is 8.32. The maximum atomic E-state index is 12.6. The predicted molar refractivity (Wildman–Crippen MR) is 111 cm³/mol. The van der Waals surface area contributed by atoms with Gasteiger partial charge in [-0.05, 0) is 36.8 Å². The van der Waals surface area contributed by atoms with Crippen LogP contribution in [-0.2, 0) is 9.53 Å². The molecular weight excluding hydrogens is 386 g/mol. The van der Waals surface area contributed by atoms with E-state index in [1.165, 1.54) is 13.2 Å². The van der Waals surface area contributed by atoms with Crippen molar-refractivity contribution in [1.82, 2.24) is 4.98 Å². The third kappa shape index (κ3) is 3.87. The number of Topliss-reactive ketones (excluding diaryl/α,β-unsaturated/α-hetero) is 1. The molecule has 2 aromatic carbocycles. The maximum Gasteiger partial charge on any atom is 0.331 e. The van der Waals surface area contributed by atoms with Crippen molar-refractivity contribution >= 4 is 28.7 Å². The number of benzene rings is 2. The highest BCUT2D eigenvalue weighted by Gasteiger charge is 2.19. The van der Waals surface area contributed by atoms with Crippen molar-refractivity contribution in [2.45, 2.75) is 6.92 Å². The van der Waals surface area contributed by atoms with Crippen molar-refractivity contribution < 1.29 is 28.5 Å². The number of carbonyl (C=O) groups is 2. The Morgan fingerprint density at radius 1 is 1.17 bits per heavy atom. The highest BCUT2D eigenvalue weighted by atomic mass is 16.6. The number of aryl methyl sites for hydroxylation is 1. The first-order chi connectivity index (χ1) is 14.6. The van der Waals surface area contributed by atoms with Crippen molar-refractivity contribution in [3.05, 3.63) is 59.3 Å². The summed E-state index contributed by atoms with van der Waals surface area (Å²) in [6.45, 7) is 2.38. The molecule has 0 spiro atoms. The van der Waals surface area contributed by atoms with Crippen LogP contribution in [0.2, 0.25) is 0 Å². The third-order valence-electron chi connectivity index (χ3n) is 4.78. The molecule has 0 fully saturated rings. The molecule has 2 heterocycles. The van der Waals surface area contributed by atoms with Gasteiger partial charge in [-0.25, -0.2) is 4.79 Å². The second-order valence-electron chi connectivity index (χ2n) is 6.78. The average Bonchev–Trinajstić information content (AvgIpc) is 3.11. The summed E-state index contributed by atoms with van der Waals surface area (Å²) in [6, 6.07) is 11.0. The van der Waals surface area contributed by atoms with Crippen LogP contribution in [0.4, 0.5) is 0 Å². The zero-order valence-electron chi connectivity index (χ0n) is 16.7. The third-order valence-corrected chi connectivity index (χ3v) is 4.78. The first-order valence-corrected chi connectivity index (χ1v) is 9.50. The Morgan fingerprint density at radius 2 is 1.97 bits per heavy atom. The number of methoxy groups -OCH3 is 1. The molecule has 1 aliphatic heterocycles. The normalized spacial score (nSPS) is 12.9. The fraction of sp³-hybridized carbons (Fsp3) is 0.217. The molecule has 7 heteroatoms.